The van der Waals surface area contributed by atoms with Gasteiger partial charge in [0, 0.05) is 17.8 Å². The summed E-state index contributed by atoms with van der Waals surface area (Å²) in [6, 6.07) is 10.4. The van der Waals surface area contributed by atoms with Gasteiger partial charge in [0.2, 0.25) is 0 Å². The lowest BCUT2D eigenvalue weighted by Gasteiger charge is -2.15. The van der Waals surface area contributed by atoms with Crippen LogP contribution in [-0.4, -0.2) is 16.6 Å². The van der Waals surface area contributed by atoms with Gasteiger partial charge in [-0.05, 0) is 49.0 Å². The quantitative estimate of drug-likeness (QED) is 0.474. The molecule has 6 nitrogen and oxygen atoms in total. The molecule has 0 aliphatic carbocycles. The molecule has 0 aromatic heterocycles. The number of hydrogen-bond donors (Lipinski definition) is 2. The summed E-state index contributed by atoms with van der Waals surface area (Å²) >= 11 is 5.11. The molecule has 9 heteroatoms. The Balaban J connectivity index is 2.08. The zero-order valence-electron chi connectivity index (χ0n) is 12.5. The van der Waals surface area contributed by atoms with Crippen LogP contribution in [0.1, 0.15) is 5.56 Å². The Kier molecular flexibility index (Phi) is 5.59. The predicted octanol–water partition coefficient (Wildman–Crippen LogP) is 4.31. The Labute approximate surface area is 141 Å². The molecule has 126 valence electrons. The highest BCUT2D eigenvalue weighted by Crippen LogP contribution is 2.27. The minimum absolute atomic E-state index is 0.0298. The topological polar surface area (TPSA) is 76.4 Å². The summed E-state index contributed by atoms with van der Waals surface area (Å²) < 4.78 is 29.4. The van der Waals surface area contributed by atoms with Crippen LogP contribution >= 0.6 is 12.2 Å². The second-order valence-electron chi connectivity index (χ2n) is 4.76. The maximum atomic E-state index is 12.5. The van der Waals surface area contributed by atoms with E-state index in [1.54, 1.807) is 19.1 Å². The highest BCUT2D eigenvalue weighted by molar-refractivity contribution is 7.80. The second-order valence-corrected chi connectivity index (χ2v) is 5.17. The zero-order valence-corrected chi connectivity index (χ0v) is 13.3. The Morgan fingerprint density at radius 1 is 1.21 bits per heavy atom. The van der Waals surface area contributed by atoms with Gasteiger partial charge in [0.25, 0.3) is 5.69 Å². The molecule has 0 bridgehead atoms. The number of non-ortho nitro benzene ring substituents is 1. The van der Waals surface area contributed by atoms with Gasteiger partial charge >= 0.3 is 6.61 Å². The van der Waals surface area contributed by atoms with E-state index in [1.807, 2.05) is 0 Å². The largest absolute Gasteiger partial charge is 0.433 e. The first-order valence-electron chi connectivity index (χ1n) is 6.73. The average Bonchev–Trinajstić information content (AvgIpc) is 2.50. The first kappa shape index (κ1) is 17.5. The molecule has 0 saturated heterocycles. The van der Waals surface area contributed by atoms with E-state index in [0.29, 0.717) is 5.69 Å². The number of benzene rings is 2. The van der Waals surface area contributed by atoms with Gasteiger partial charge in [0.15, 0.2) is 5.11 Å². The lowest BCUT2D eigenvalue weighted by molar-refractivity contribution is -0.384. The smallest absolute Gasteiger partial charge is 0.387 e. The number of rotatable bonds is 5. The van der Waals surface area contributed by atoms with Crippen molar-refractivity contribution in [3.63, 3.8) is 0 Å². The number of ether oxygens (including phenoxy) is 1. The fraction of sp³-hybridized carbons (Fsp3) is 0.133. The van der Waals surface area contributed by atoms with E-state index in [9.17, 15) is 18.9 Å². The normalized spacial score (nSPS) is 10.3. The first-order valence-corrected chi connectivity index (χ1v) is 7.14. The summed E-state index contributed by atoms with van der Waals surface area (Å²) in [5.74, 6) is -0.0298. The number of nitrogens with one attached hydrogen (secondary N) is 2. The molecule has 0 aliphatic rings. The number of nitrogens with zero attached hydrogens (tertiary/aromatic N) is 1. The Bertz CT molecular complexity index is 754. The molecular weight excluding hydrogens is 340 g/mol. The molecule has 0 radical (unpaired) electrons. The van der Waals surface area contributed by atoms with Crippen LogP contribution in [0.2, 0.25) is 0 Å². The van der Waals surface area contributed by atoms with Crippen LogP contribution in [0.15, 0.2) is 42.5 Å². The van der Waals surface area contributed by atoms with Crippen LogP contribution < -0.4 is 15.4 Å². The SMILES string of the molecule is Cc1ccc(NC(=S)Nc2ccc([N+](=O)[O-])cc2)c(OC(F)F)c1. The van der Waals surface area contributed by atoms with Gasteiger partial charge in [-0.2, -0.15) is 8.78 Å². The van der Waals surface area contributed by atoms with Crippen molar-refractivity contribution in [2.24, 2.45) is 0 Å². The molecule has 2 rings (SSSR count). The molecule has 0 saturated carbocycles. The molecule has 0 amide bonds. The number of nitro groups is 1. The summed E-state index contributed by atoms with van der Waals surface area (Å²) in [4.78, 5) is 10.1. The average molecular weight is 353 g/mol. The van der Waals surface area contributed by atoms with E-state index in [1.165, 1.54) is 30.3 Å². The molecule has 0 aliphatic heterocycles. The van der Waals surface area contributed by atoms with Crippen molar-refractivity contribution in [3.8, 4) is 5.75 Å². The van der Waals surface area contributed by atoms with E-state index in [2.05, 4.69) is 15.4 Å². The van der Waals surface area contributed by atoms with Gasteiger partial charge < -0.3 is 15.4 Å². The van der Waals surface area contributed by atoms with Crippen molar-refractivity contribution in [2.45, 2.75) is 13.5 Å². The van der Waals surface area contributed by atoms with E-state index in [-0.39, 0.29) is 22.2 Å². The van der Waals surface area contributed by atoms with Crippen molar-refractivity contribution in [3.05, 3.63) is 58.1 Å². The second kappa shape index (κ2) is 7.64. The van der Waals surface area contributed by atoms with Crippen LogP contribution in [0.3, 0.4) is 0 Å². The molecule has 24 heavy (non-hydrogen) atoms. The van der Waals surface area contributed by atoms with Gasteiger partial charge in [0.05, 0.1) is 10.6 Å². The van der Waals surface area contributed by atoms with Crippen LogP contribution in [-0.2, 0) is 0 Å². The van der Waals surface area contributed by atoms with Gasteiger partial charge in [-0.15, -0.1) is 0 Å². The van der Waals surface area contributed by atoms with Crippen molar-refractivity contribution in [2.75, 3.05) is 10.6 Å². The fourth-order valence-corrected chi connectivity index (χ4v) is 2.11. The molecule has 0 unspecified atom stereocenters. The fourth-order valence-electron chi connectivity index (χ4n) is 1.88. The molecule has 2 aromatic rings. The number of halogens is 2. The van der Waals surface area contributed by atoms with E-state index in [4.69, 9.17) is 12.2 Å². The maximum Gasteiger partial charge on any atom is 0.387 e. The van der Waals surface area contributed by atoms with Crippen molar-refractivity contribution in [1.82, 2.24) is 0 Å². The molecule has 0 heterocycles. The third-order valence-corrected chi connectivity index (χ3v) is 3.14. The number of anilines is 2. The van der Waals surface area contributed by atoms with Crippen molar-refractivity contribution in [1.29, 1.82) is 0 Å². The van der Waals surface area contributed by atoms with Crippen LogP contribution in [0.5, 0.6) is 5.75 Å². The lowest BCUT2D eigenvalue weighted by Crippen LogP contribution is -2.20. The highest BCUT2D eigenvalue weighted by atomic mass is 32.1. The molecule has 2 N–H and O–H groups in total. The predicted molar refractivity (Wildman–Crippen MR) is 90.8 cm³/mol. The third-order valence-electron chi connectivity index (χ3n) is 2.94. The highest BCUT2D eigenvalue weighted by Gasteiger charge is 2.11. The van der Waals surface area contributed by atoms with Gasteiger partial charge in [-0.25, -0.2) is 0 Å². The number of alkyl halides is 2. The number of hydrogen-bond acceptors (Lipinski definition) is 4. The molecular formula is C15H13F2N3O3S. The zero-order chi connectivity index (χ0) is 17.7. The van der Waals surface area contributed by atoms with Crippen molar-refractivity contribution < 1.29 is 18.4 Å². The van der Waals surface area contributed by atoms with E-state index in [0.717, 1.165) is 5.56 Å². The molecule has 0 atom stereocenters. The van der Waals surface area contributed by atoms with Crippen LogP contribution in [0, 0.1) is 17.0 Å². The first-order chi connectivity index (χ1) is 11.3. The summed E-state index contributed by atoms with van der Waals surface area (Å²) in [7, 11) is 0. The summed E-state index contributed by atoms with van der Waals surface area (Å²) in [6.07, 6.45) is 0. The monoisotopic (exact) mass is 353 g/mol. The van der Waals surface area contributed by atoms with Gasteiger partial charge in [0.1, 0.15) is 5.75 Å². The van der Waals surface area contributed by atoms with Crippen LogP contribution in [0.25, 0.3) is 0 Å². The van der Waals surface area contributed by atoms with Gasteiger partial charge in [-0.1, -0.05) is 6.07 Å². The van der Waals surface area contributed by atoms with Crippen molar-refractivity contribution >= 4 is 34.4 Å². The lowest BCUT2D eigenvalue weighted by atomic mass is 10.2. The van der Waals surface area contributed by atoms with Crippen LogP contribution in [0.4, 0.5) is 25.8 Å². The van der Waals surface area contributed by atoms with Gasteiger partial charge in [-0.3, -0.25) is 10.1 Å². The Hall–Kier alpha value is -2.81. The molecule has 2 aromatic carbocycles. The maximum absolute atomic E-state index is 12.5. The third kappa shape index (κ3) is 4.85. The molecule has 0 fully saturated rings. The summed E-state index contributed by atoms with van der Waals surface area (Å²) in [5.41, 5.74) is 1.50. The summed E-state index contributed by atoms with van der Waals surface area (Å²) in [5, 5.41) is 16.3. The Morgan fingerprint density at radius 2 is 1.88 bits per heavy atom. The molecule has 0 spiro atoms. The number of thiocarbonyl (C=S) groups is 1. The minimum atomic E-state index is -2.96. The summed E-state index contributed by atoms with van der Waals surface area (Å²) in [6.45, 7) is -1.21. The standard InChI is InChI=1S/C15H13F2N3O3S/c1-9-2-7-12(13(8-9)23-14(16)17)19-15(24)18-10-3-5-11(6-4-10)20(21)22/h2-8,14H,1H3,(H2,18,19,24). The number of nitro benzene ring substituents is 1. The van der Waals surface area contributed by atoms with E-state index >= 15 is 0 Å². The minimum Gasteiger partial charge on any atom is -0.433 e. The number of aryl methyl sites for hydroxylation is 1. The Morgan fingerprint density at radius 3 is 2.46 bits per heavy atom. The van der Waals surface area contributed by atoms with E-state index < -0.39 is 11.5 Å².